The van der Waals surface area contributed by atoms with Gasteiger partial charge in [0.05, 0.1) is 23.1 Å². The first-order chi connectivity index (χ1) is 18.3. The van der Waals surface area contributed by atoms with Gasteiger partial charge >= 0.3 is 0 Å². The number of hydrogen-bond donors (Lipinski definition) is 4. The highest BCUT2D eigenvalue weighted by molar-refractivity contribution is 5.99. The zero-order valence-electron chi connectivity index (χ0n) is 22.3. The number of fused-ring (bicyclic) bond motifs is 2. The standard InChI is InChI=1S/C30H35N7O/c1-30(2,3)16-27(38)33-21-13-20(17-31-18-21)19-7-8-24-22(14-19)28(36-35-24)25-15-23-26(9-10-32-29(23)34-25)37-11-5-4-6-12-37/h7-10,13-15,17-18,27,33,38H,4-6,11-12,16H2,1-3H3,(H,32,34)(H,35,36). The maximum absolute atomic E-state index is 10.5. The number of aliphatic hydroxyl groups excluding tert-OH is 1. The van der Waals surface area contributed by atoms with Crippen LogP contribution in [0.1, 0.15) is 46.5 Å². The second kappa shape index (κ2) is 9.76. The normalized spacial score (nSPS) is 15.3. The Hall–Kier alpha value is -3.91. The molecule has 0 bridgehead atoms. The Kier molecular flexibility index (Phi) is 6.27. The molecule has 1 aromatic carbocycles. The van der Waals surface area contributed by atoms with Crippen LogP contribution in [0.3, 0.4) is 0 Å². The highest BCUT2D eigenvalue weighted by atomic mass is 16.3. The van der Waals surface area contributed by atoms with Gasteiger partial charge in [-0.1, -0.05) is 26.8 Å². The third kappa shape index (κ3) is 4.96. The van der Waals surface area contributed by atoms with Gasteiger partial charge in [0.25, 0.3) is 0 Å². The van der Waals surface area contributed by atoms with Gasteiger partial charge in [-0.2, -0.15) is 5.10 Å². The summed E-state index contributed by atoms with van der Waals surface area (Å²) in [6.45, 7) is 8.51. The molecule has 38 heavy (non-hydrogen) atoms. The van der Waals surface area contributed by atoms with E-state index in [4.69, 9.17) is 0 Å². The first kappa shape index (κ1) is 24.4. The summed E-state index contributed by atoms with van der Waals surface area (Å²) in [4.78, 5) is 15.0. The predicted octanol–water partition coefficient (Wildman–Crippen LogP) is 6.33. The van der Waals surface area contributed by atoms with Crippen LogP contribution in [-0.2, 0) is 0 Å². The topological polar surface area (TPSA) is 106 Å². The number of H-pyrrole nitrogens is 2. The number of nitrogens with zero attached hydrogens (tertiary/aromatic N) is 4. The Morgan fingerprint density at radius 3 is 2.66 bits per heavy atom. The average Bonchev–Trinajstić information content (AvgIpc) is 3.51. The Labute approximate surface area is 222 Å². The maximum Gasteiger partial charge on any atom is 0.139 e. The molecular weight excluding hydrogens is 474 g/mol. The summed E-state index contributed by atoms with van der Waals surface area (Å²) in [5, 5.41) is 23.7. The number of anilines is 2. The fourth-order valence-corrected chi connectivity index (χ4v) is 5.45. The molecule has 0 amide bonds. The predicted molar refractivity (Wildman–Crippen MR) is 154 cm³/mol. The average molecular weight is 510 g/mol. The zero-order valence-corrected chi connectivity index (χ0v) is 22.3. The summed E-state index contributed by atoms with van der Waals surface area (Å²) >= 11 is 0. The lowest BCUT2D eigenvalue weighted by atomic mass is 9.91. The Balaban J connectivity index is 1.33. The number of nitrogens with one attached hydrogen (secondary N) is 3. The number of aromatic nitrogens is 5. The van der Waals surface area contributed by atoms with Gasteiger partial charge in [-0.05, 0) is 67.0 Å². The summed E-state index contributed by atoms with van der Waals surface area (Å²) < 4.78 is 0. The first-order valence-electron chi connectivity index (χ1n) is 13.5. The Morgan fingerprint density at radius 1 is 1.00 bits per heavy atom. The number of aliphatic hydroxyl groups is 1. The molecule has 1 fully saturated rings. The van der Waals surface area contributed by atoms with Crippen molar-refractivity contribution in [1.29, 1.82) is 0 Å². The lowest BCUT2D eigenvalue weighted by molar-refractivity contribution is 0.145. The molecule has 1 aliphatic rings. The minimum absolute atomic E-state index is 0.0207. The smallest absolute Gasteiger partial charge is 0.139 e. The van der Waals surface area contributed by atoms with Crippen LogP contribution >= 0.6 is 0 Å². The minimum Gasteiger partial charge on any atom is -0.374 e. The summed E-state index contributed by atoms with van der Waals surface area (Å²) in [5.74, 6) is 0. The quantitative estimate of drug-likeness (QED) is 0.200. The van der Waals surface area contributed by atoms with Crippen LogP contribution in [0.5, 0.6) is 0 Å². The van der Waals surface area contributed by atoms with Crippen molar-refractivity contribution >= 4 is 33.3 Å². The maximum atomic E-state index is 10.5. The number of piperidine rings is 1. The molecule has 0 radical (unpaired) electrons. The highest BCUT2D eigenvalue weighted by Gasteiger charge is 2.19. The molecule has 4 aromatic heterocycles. The van der Waals surface area contributed by atoms with Crippen LogP contribution < -0.4 is 10.2 Å². The fraction of sp³-hybridized carbons (Fsp3) is 0.367. The van der Waals surface area contributed by atoms with Crippen molar-refractivity contribution in [2.75, 3.05) is 23.3 Å². The van der Waals surface area contributed by atoms with Crippen molar-refractivity contribution in [3.63, 3.8) is 0 Å². The molecule has 0 aliphatic carbocycles. The highest BCUT2D eigenvalue weighted by Crippen LogP contribution is 2.35. The second-order valence-corrected chi connectivity index (χ2v) is 11.5. The molecule has 4 N–H and O–H groups in total. The van der Waals surface area contributed by atoms with Crippen LogP contribution in [0.2, 0.25) is 0 Å². The molecule has 1 saturated heterocycles. The third-order valence-electron chi connectivity index (χ3n) is 7.23. The molecule has 6 rings (SSSR count). The van der Waals surface area contributed by atoms with Crippen LogP contribution in [0.15, 0.2) is 55.0 Å². The van der Waals surface area contributed by atoms with Crippen LogP contribution in [0.25, 0.3) is 44.5 Å². The minimum atomic E-state index is -0.638. The van der Waals surface area contributed by atoms with Gasteiger partial charge in [-0.25, -0.2) is 4.98 Å². The van der Waals surface area contributed by atoms with Gasteiger partial charge in [0.15, 0.2) is 0 Å². The molecule has 8 nitrogen and oxygen atoms in total. The van der Waals surface area contributed by atoms with E-state index in [0.29, 0.717) is 6.42 Å². The molecule has 1 atom stereocenters. The van der Waals surface area contributed by atoms with Gasteiger partial charge in [0.1, 0.15) is 17.6 Å². The van der Waals surface area contributed by atoms with E-state index < -0.39 is 6.23 Å². The Morgan fingerprint density at radius 2 is 1.84 bits per heavy atom. The fourth-order valence-electron chi connectivity index (χ4n) is 5.45. The number of hydrogen-bond acceptors (Lipinski definition) is 6. The van der Waals surface area contributed by atoms with Crippen molar-refractivity contribution < 1.29 is 5.11 Å². The molecule has 196 valence electrons. The van der Waals surface area contributed by atoms with E-state index in [-0.39, 0.29) is 5.41 Å². The van der Waals surface area contributed by atoms with E-state index in [1.54, 1.807) is 6.20 Å². The Bertz CT molecular complexity index is 1570. The number of rotatable bonds is 6. The summed E-state index contributed by atoms with van der Waals surface area (Å²) in [6.07, 6.45) is 9.25. The van der Waals surface area contributed by atoms with Crippen LogP contribution in [-0.4, -0.2) is 49.6 Å². The van der Waals surface area contributed by atoms with E-state index in [9.17, 15) is 5.11 Å². The van der Waals surface area contributed by atoms with Gasteiger partial charge in [0, 0.05) is 47.5 Å². The van der Waals surface area contributed by atoms with E-state index in [1.165, 1.54) is 24.9 Å². The SMILES string of the molecule is CC(C)(C)CC(O)Nc1cncc(-c2ccc3[nH]nc(-c4cc5c(N6CCCCC6)ccnc5[nH]4)c3c2)c1. The van der Waals surface area contributed by atoms with Gasteiger partial charge in [0.2, 0.25) is 0 Å². The second-order valence-electron chi connectivity index (χ2n) is 11.5. The van der Waals surface area contributed by atoms with Gasteiger partial charge in [-0.15, -0.1) is 0 Å². The van der Waals surface area contributed by atoms with Crippen molar-refractivity contribution in [2.24, 2.45) is 5.41 Å². The number of pyridine rings is 2. The number of benzene rings is 1. The molecule has 5 aromatic rings. The van der Waals surface area contributed by atoms with Crippen molar-refractivity contribution in [1.82, 2.24) is 25.1 Å². The van der Waals surface area contributed by atoms with E-state index in [1.807, 2.05) is 18.5 Å². The van der Waals surface area contributed by atoms with Crippen molar-refractivity contribution in [3.05, 3.63) is 55.0 Å². The van der Waals surface area contributed by atoms with Crippen molar-refractivity contribution in [3.8, 4) is 22.5 Å². The van der Waals surface area contributed by atoms with E-state index in [0.717, 1.165) is 63.2 Å². The van der Waals surface area contributed by atoms with Crippen molar-refractivity contribution in [2.45, 2.75) is 52.7 Å². The molecule has 8 heteroatoms. The first-order valence-corrected chi connectivity index (χ1v) is 13.5. The van der Waals surface area contributed by atoms with Crippen LogP contribution in [0, 0.1) is 5.41 Å². The molecule has 0 spiro atoms. The summed E-state index contributed by atoms with van der Waals surface area (Å²) in [6, 6.07) is 12.6. The largest absolute Gasteiger partial charge is 0.374 e. The van der Waals surface area contributed by atoms with Gasteiger partial charge < -0.3 is 20.3 Å². The van der Waals surface area contributed by atoms with Gasteiger partial charge in [-0.3, -0.25) is 10.1 Å². The zero-order chi connectivity index (χ0) is 26.3. The molecular formula is C30H35N7O. The summed E-state index contributed by atoms with van der Waals surface area (Å²) in [7, 11) is 0. The molecule has 0 saturated carbocycles. The lowest BCUT2D eigenvalue weighted by Gasteiger charge is -2.29. The van der Waals surface area contributed by atoms with Crippen LogP contribution in [0.4, 0.5) is 11.4 Å². The molecule has 1 unspecified atom stereocenters. The lowest BCUT2D eigenvalue weighted by Crippen LogP contribution is -2.29. The van der Waals surface area contributed by atoms with E-state index in [2.05, 4.69) is 86.5 Å². The summed E-state index contributed by atoms with van der Waals surface area (Å²) in [5.41, 5.74) is 7.71. The molecule has 5 heterocycles. The number of aromatic amines is 2. The monoisotopic (exact) mass is 509 g/mol. The third-order valence-corrected chi connectivity index (χ3v) is 7.23. The molecule has 1 aliphatic heterocycles. The van der Waals surface area contributed by atoms with E-state index >= 15 is 0 Å².